The van der Waals surface area contributed by atoms with Crippen molar-refractivity contribution in [2.24, 2.45) is 0 Å². The number of aryl methyl sites for hydroxylation is 2. The third kappa shape index (κ3) is 5.40. The number of carbonyl (C=O) groups excluding carboxylic acids is 1. The van der Waals surface area contributed by atoms with E-state index >= 15 is 0 Å². The molecule has 1 amide bonds. The quantitative estimate of drug-likeness (QED) is 0.408. The first kappa shape index (κ1) is 22.5. The van der Waals surface area contributed by atoms with Crippen LogP contribution in [0, 0.1) is 13.8 Å². The Bertz CT molecular complexity index is 1330. The van der Waals surface area contributed by atoms with Gasteiger partial charge in [0.05, 0.1) is 11.4 Å². The second-order valence-corrected chi connectivity index (χ2v) is 8.90. The molecule has 0 fully saturated rings. The van der Waals surface area contributed by atoms with E-state index in [1.54, 1.807) is 12.3 Å². The smallest absolute Gasteiger partial charge is 0.265 e. The van der Waals surface area contributed by atoms with Crippen LogP contribution >= 0.6 is 11.3 Å². The Morgan fingerprint density at radius 1 is 1.15 bits per heavy atom. The Labute approximate surface area is 195 Å². The van der Waals surface area contributed by atoms with Crippen molar-refractivity contribution in [3.63, 3.8) is 0 Å². The molecule has 0 aliphatic carbocycles. The van der Waals surface area contributed by atoms with Crippen molar-refractivity contribution < 1.29 is 14.3 Å². The molecule has 2 heterocycles. The van der Waals surface area contributed by atoms with E-state index in [0.29, 0.717) is 34.3 Å². The maximum atomic E-state index is 12.9. The van der Waals surface area contributed by atoms with Crippen molar-refractivity contribution in [1.29, 1.82) is 0 Å². The first-order valence-corrected chi connectivity index (χ1v) is 11.5. The van der Waals surface area contributed by atoms with E-state index in [1.165, 1.54) is 21.8 Å². The lowest BCUT2D eigenvalue weighted by molar-refractivity contribution is -0.122. The van der Waals surface area contributed by atoms with Crippen LogP contribution in [0.2, 0.25) is 0 Å². The van der Waals surface area contributed by atoms with Gasteiger partial charge in [0.2, 0.25) is 0 Å². The average Bonchev–Trinajstić information content (AvgIpc) is 3.18. The maximum absolute atomic E-state index is 12.9. The lowest BCUT2D eigenvalue weighted by Gasteiger charge is -2.19. The average molecular weight is 464 g/mol. The monoisotopic (exact) mass is 463 g/mol. The fraction of sp³-hybridized carbons (Fsp3) is 0.240. The third-order valence-electron chi connectivity index (χ3n) is 4.99. The number of fused-ring (bicyclic) bond motifs is 1. The molecule has 0 aliphatic heterocycles. The van der Waals surface area contributed by atoms with E-state index in [0.717, 1.165) is 10.4 Å². The molecule has 1 N–H and O–H groups in total. The fourth-order valence-electron chi connectivity index (χ4n) is 3.35. The summed E-state index contributed by atoms with van der Waals surface area (Å²) in [4.78, 5) is 31.4. The highest BCUT2D eigenvalue weighted by Crippen LogP contribution is 2.27. The molecule has 0 saturated heterocycles. The molecule has 0 unspecified atom stereocenters. The Morgan fingerprint density at radius 2 is 1.94 bits per heavy atom. The summed E-state index contributed by atoms with van der Waals surface area (Å²) in [6.07, 6.45) is 1.64. The maximum Gasteiger partial charge on any atom is 0.265 e. The van der Waals surface area contributed by atoms with E-state index in [4.69, 9.17) is 9.47 Å². The first-order valence-electron chi connectivity index (χ1n) is 10.7. The number of para-hydroxylation sites is 1. The number of nitrogens with zero attached hydrogens (tertiary/aromatic N) is 2. The predicted molar refractivity (Wildman–Crippen MR) is 129 cm³/mol. The number of hydrogen-bond donors (Lipinski definition) is 1. The van der Waals surface area contributed by atoms with Gasteiger partial charge in [0.1, 0.15) is 18.1 Å². The summed E-state index contributed by atoms with van der Waals surface area (Å²) in [5.41, 5.74) is 1.89. The van der Waals surface area contributed by atoms with Gasteiger partial charge in [0.15, 0.2) is 11.1 Å². The van der Waals surface area contributed by atoms with Crippen molar-refractivity contribution in [2.75, 3.05) is 5.32 Å². The van der Waals surface area contributed by atoms with Crippen LogP contribution in [-0.2, 0) is 11.4 Å². The van der Waals surface area contributed by atoms with Crippen molar-refractivity contribution in [3.8, 4) is 11.5 Å². The van der Waals surface area contributed by atoms with Crippen LogP contribution in [0.5, 0.6) is 11.5 Å². The van der Waals surface area contributed by atoms with Crippen LogP contribution < -0.4 is 20.3 Å². The first-order chi connectivity index (χ1) is 15.9. The third-order valence-corrected chi connectivity index (χ3v) is 5.89. The zero-order chi connectivity index (χ0) is 23.4. The minimum absolute atomic E-state index is 0.104. The molecular formula is C25H25N3O4S. The number of anilines is 1. The van der Waals surface area contributed by atoms with Gasteiger partial charge in [-0.05, 0) is 50.1 Å². The van der Waals surface area contributed by atoms with E-state index in [9.17, 15) is 9.59 Å². The van der Waals surface area contributed by atoms with Gasteiger partial charge in [-0.25, -0.2) is 4.98 Å². The highest BCUT2D eigenvalue weighted by atomic mass is 32.1. The molecule has 170 valence electrons. The topological polar surface area (TPSA) is 81.9 Å². The Morgan fingerprint density at radius 3 is 2.70 bits per heavy atom. The molecular weight excluding hydrogens is 438 g/mol. The van der Waals surface area contributed by atoms with Crippen molar-refractivity contribution in [2.45, 2.75) is 39.9 Å². The highest BCUT2D eigenvalue weighted by molar-refractivity contribution is 7.16. The number of carbonyl (C=O) groups is 1. The van der Waals surface area contributed by atoms with Gasteiger partial charge in [0.25, 0.3) is 11.5 Å². The lowest BCUT2D eigenvalue weighted by atomic mass is 10.2. The number of benzene rings is 2. The summed E-state index contributed by atoms with van der Waals surface area (Å²) < 4.78 is 13.3. The second-order valence-electron chi connectivity index (χ2n) is 7.69. The van der Waals surface area contributed by atoms with Crippen molar-refractivity contribution >= 4 is 27.9 Å². The van der Waals surface area contributed by atoms with Crippen LogP contribution in [0.4, 0.5) is 5.69 Å². The Balaban J connectivity index is 1.50. The summed E-state index contributed by atoms with van der Waals surface area (Å²) in [6.45, 7) is 5.87. The number of ether oxygens (including phenoxy) is 2. The van der Waals surface area contributed by atoms with E-state index < -0.39 is 6.10 Å². The predicted octanol–water partition coefficient (Wildman–Crippen LogP) is 4.75. The lowest BCUT2D eigenvalue weighted by Crippen LogP contribution is -2.32. The number of amides is 1. The number of thiazole rings is 1. The zero-order valence-corrected chi connectivity index (χ0v) is 19.5. The molecule has 1 atom stereocenters. The highest BCUT2D eigenvalue weighted by Gasteiger charge is 2.20. The van der Waals surface area contributed by atoms with Crippen molar-refractivity contribution in [3.05, 3.63) is 87.3 Å². The summed E-state index contributed by atoms with van der Waals surface area (Å²) in [7, 11) is 0. The minimum atomic E-state index is -0.646. The van der Waals surface area contributed by atoms with Gasteiger partial charge in [0, 0.05) is 17.1 Å². The Kier molecular flexibility index (Phi) is 6.74. The van der Waals surface area contributed by atoms with E-state index in [2.05, 4.69) is 10.3 Å². The number of hydrogen-bond acceptors (Lipinski definition) is 6. The second kappa shape index (κ2) is 9.87. The molecule has 4 rings (SSSR count). The number of rotatable bonds is 8. The normalized spacial score (nSPS) is 11.8. The van der Waals surface area contributed by atoms with Gasteiger partial charge in [-0.15, -0.1) is 11.3 Å². The molecule has 0 radical (unpaired) electrons. The molecule has 0 saturated carbocycles. The molecule has 2 aromatic heterocycles. The summed E-state index contributed by atoms with van der Waals surface area (Å²) in [5, 5.41) is 2.93. The fourth-order valence-corrected chi connectivity index (χ4v) is 4.20. The van der Waals surface area contributed by atoms with Gasteiger partial charge in [-0.2, -0.15) is 0 Å². The molecule has 2 aromatic carbocycles. The van der Waals surface area contributed by atoms with Crippen LogP contribution in [0.1, 0.15) is 29.5 Å². The van der Waals surface area contributed by atoms with Crippen LogP contribution in [0.3, 0.4) is 0 Å². The summed E-state index contributed by atoms with van der Waals surface area (Å²) in [6, 6.07) is 16.3. The number of nitrogens with one attached hydrogen (secondary N) is 1. The zero-order valence-electron chi connectivity index (χ0n) is 18.7. The van der Waals surface area contributed by atoms with Crippen LogP contribution in [0.15, 0.2) is 65.6 Å². The van der Waals surface area contributed by atoms with E-state index in [-0.39, 0.29) is 18.1 Å². The standard InChI is InChI=1S/C25H25N3O4S/c1-4-21(32-19-8-6-5-7-9-19)24(30)27-20-12-16(2)10-11-22(20)31-15-18-13-23(29)28-14-17(3)33-25(28)26-18/h5-14,21H,4,15H2,1-3H3,(H,27,30)/t21-/m1/s1. The van der Waals surface area contributed by atoms with Gasteiger partial charge < -0.3 is 14.8 Å². The molecule has 33 heavy (non-hydrogen) atoms. The van der Waals surface area contributed by atoms with Gasteiger partial charge in [-0.3, -0.25) is 14.0 Å². The summed E-state index contributed by atoms with van der Waals surface area (Å²) >= 11 is 1.45. The van der Waals surface area contributed by atoms with E-state index in [1.807, 2.05) is 63.2 Å². The van der Waals surface area contributed by atoms with Crippen LogP contribution in [0.25, 0.3) is 4.96 Å². The van der Waals surface area contributed by atoms with Gasteiger partial charge >= 0.3 is 0 Å². The molecule has 8 heteroatoms. The Hall–Kier alpha value is -3.65. The van der Waals surface area contributed by atoms with Crippen LogP contribution in [-0.4, -0.2) is 21.4 Å². The SMILES string of the molecule is CC[C@@H](Oc1ccccc1)C(=O)Nc1cc(C)ccc1OCc1cc(=O)n2cc(C)sc2n1. The summed E-state index contributed by atoms with van der Waals surface area (Å²) in [5.74, 6) is 0.869. The largest absolute Gasteiger partial charge is 0.485 e. The molecule has 7 nitrogen and oxygen atoms in total. The number of aromatic nitrogens is 2. The molecule has 0 bridgehead atoms. The van der Waals surface area contributed by atoms with Gasteiger partial charge in [-0.1, -0.05) is 31.2 Å². The molecule has 4 aromatic rings. The molecule has 0 spiro atoms. The van der Waals surface area contributed by atoms with Crippen molar-refractivity contribution in [1.82, 2.24) is 9.38 Å². The molecule has 0 aliphatic rings. The minimum Gasteiger partial charge on any atom is -0.485 e.